The zero-order valence-corrected chi connectivity index (χ0v) is 20.9. The Kier molecular flexibility index (Phi) is 9.02. The number of anilines is 1. The Bertz CT molecular complexity index is 1140. The van der Waals surface area contributed by atoms with Crippen LogP contribution in [-0.4, -0.2) is 63.7 Å². The van der Waals surface area contributed by atoms with E-state index in [2.05, 4.69) is 39.6 Å². The van der Waals surface area contributed by atoms with Crippen LogP contribution in [0.25, 0.3) is 22.8 Å². The molecular weight excluding hydrogens is 474 g/mol. The van der Waals surface area contributed by atoms with E-state index in [0.29, 0.717) is 39.9 Å². The zero-order valence-electron chi connectivity index (χ0n) is 20.1. The molecule has 1 aromatic carbocycles. The molecule has 0 spiro atoms. The standard InChI is InChI=1S/C24H30ClN5O5/c1-13(2)9-26-20-8-17(7-19(25)28-20)24-29-23(30-35-24)16-5-14(3)22(15(4)6-16)34-12-18(32)10-27-21(33)11-31/h5-8,13,18,31-32H,9-12H2,1-4H3,(H,26,28)(H,27,33)/t18-/m1/s1. The van der Waals surface area contributed by atoms with Crippen LogP contribution >= 0.6 is 11.6 Å². The predicted octanol–water partition coefficient (Wildman–Crippen LogP) is 2.98. The summed E-state index contributed by atoms with van der Waals surface area (Å²) in [5.41, 5.74) is 3.05. The van der Waals surface area contributed by atoms with Crippen LogP contribution in [0.3, 0.4) is 0 Å². The van der Waals surface area contributed by atoms with Gasteiger partial charge in [0.05, 0.1) is 0 Å². The number of benzene rings is 1. The first kappa shape index (κ1) is 26.4. The van der Waals surface area contributed by atoms with Gasteiger partial charge in [0, 0.05) is 24.2 Å². The van der Waals surface area contributed by atoms with Crippen LogP contribution in [0.2, 0.25) is 5.15 Å². The molecule has 4 N–H and O–H groups in total. The number of aliphatic hydroxyl groups excluding tert-OH is 2. The van der Waals surface area contributed by atoms with Crippen molar-refractivity contribution < 1.29 is 24.3 Å². The second kappa shape index (κ2) is 12.0. The van der Waals surface area contributed by atoms with Crippen molar-refractivity contribution in [3.8, 4) is 28.6 Å². The van der Waals surface area contributed by atoms with Gasteiger partial charge in [0.2, 0.25) is 11.7 Å². The van der Waals surface area contributed by atoms with E-state index in [1.165, 1.54) is 0 Å². The van der Waals surface area contributed by atoms with Gasteiger partial charge in [0.15, 0.2) is 0 Å². The minimum absolute atomic E-state index is 0.0188. The number of aryl methyl sites for hydroxylation is 2. The fraction of sp³-hybridized carbons (Fsp3) is 0.417. The lowest BCUT2D eigenvalue weighted by atomic mass is 10.1. The van der Waals surface area contributed by atoms with Gasteiger partial charge >= 0.3 is 0 Å². The minimum atomic E-state index is -0.921. The molecule has 0 aliphatic rings. The number of rotatable bonds is 11. The van der Waals surface area contributed by atoms with E-state index in [4.69, 9.17) is 26.0 Å². The maximum atomic E-state index is 11.1. The molecule has 0 saturated carbocycles. The van der Waals surface area contributed by atoms with E-state index < -0.39 is 18.6 Å². The SMILES string of the molecule is Cc1cc(-c2noc(-c3cc(Cl)nc(NCC(C)C)c3)n2)cc(C)c1OC[C@H](O)CNC(=O)CO. The third-order valence-corrected chi connectivity index (χ3v) is 5.17. The largest absolute Gasteiger partial charge is 0.490 e. The number of carbonyl (C=O) groups excluding carboxylic acids is 1. The van der Waals surface area contributed by atoms with Gasteiger partial charge in [-0.25, -0.2) is 4.98 Å². The number of hydrogen-bond donors (Lipinski definition) is 4. The predicted molar refractivity (Wildman–Crippen MR) is 132 cm³/mol. The lowest BCUT2D eigenvalue weighted by Gasteiger charge is -2.16. The van der Waals surface area contributed by atoms with Gasteiger partial charge in [-0.05, 0) is 55.2 Å². The molecule has 11 heteroatoms. The third kappa shape index (κ3) is 7.38. The number of nitrogens with one attached hydrogen (secondary N) is 2. The van der Waals surface area contributed by atoms with Crippen molar-refractivity contribution in [2.24, 2.45) is 5.92 Å². The van der Waals surface area contributed by atoms with Gasteiger partial charge in [-0.2, -0.15) is 4.98 Å². The molecule has 1 atom stereocenters. The summed E-state index contributed by atoms with van der Waals surface area (Å²) < 4.78 is 11.3. The molecule has 10 nitrogen and oxygen atoms in total. The smallest absolute Gasteiger partial charge is 0.258 e. The Morgan fingerprint density at radius 2 is 1.83 bits per heavy atom. The second-order valence-corrected chi connectivity index (χ2v) is 9.02. The number of hydrogen-bond acceptors (Lipinski definition) is 9. The highest BCUT2D eigenvalue weighted by atomic mass is 35.5. The summed E-state index contributed by atoms with van der Waals surface area (Å²) in [6.45, 7) is 8.04. The molecule has 3 aromatic rings. The Morgan fingerprint density at radius 1 is 1.11 bits per heavy atom. The average Bonchev–Trinajstić information content (AvgIpc) is 3.30. The molecule has 1 amide bonds. The highest BCUT2D eigenvalue weighted by Crippen LogP contribution is 2.31. The van der Waals surface area contributed by atoms with Crippen LogP contribution in [-0.2, 0) is 4.79 Å². The topological polar surface area (TPSA) is 143 Å². The first-order chi connectivity index (χ1) is 16.7. The Balaban J connectivity index is 1.73. The quantitative estimate of drug-likeness (QED) is 0.290. The molecule has 0 unspecified atom stereocenters. The van der Waals surface area contributed by atoms with Gasteiger partial charge in [-0.1, -0.05) is 30.6 Å². The summed E-state index contributed by atoms with van der Waals surface area (Å²) in [4.78, 5) is 19.9. The van der Waals surface area contributed by atoms with Gasteiger partial charge in [-0.3, -0.25) is 4.79 Å². The van der Waals surface area contributed by atoms with E-state index in [1.54, 1.807) is 6.07 Å². The number of aliphatic hydroxyl groups is 2. The summed E-state index contributed by atoms with van der Waals surface area (Å²) in [6.07, 6.45) is -0.921. The number of aromatic nitrogens is 3. The number of ether oxygens (including phenoxy) is 1. The number of carbonyl (C=O) groups is 1. The molecule has 0 bridgehead atoms. The second-order valence-electron chi connectivity index (χ2n) is 8.63. The van der Waals surface area contributed by atoms with Crippen molar-refractivity contribution in [1.29, 1.82) is 0 Å². The Morgan fingerprint density at radius 3 is 2.49 bits per heavy atom. The van der Waals surface area contributed by atoms with E-state index in [-0.39, 0.29) is 13.2 Å². The van der Waals surface area contributed by atoms with Crippen molar-refractivity contribution in [3.05, 3.63) is 40.5 Å². The summed E-state index contributed by atoms with van der Waals surface area (Å²) in [5.74, 6) is 1.87. The van der Waals surface area contributed by atoms with Gasteiger partial charge in [0.1, 0.15) is 36.0 Å². The van der Waals surface area contributed by atoms with Crippen molar-refractivity contribution in [1.82, 2.24) is 20.4 Å². The average molecular weight is 504 g/mol. The van der Waals surface area contributed by atoms with E-state index in [9.17, 15) is 9.90 Å². The normalized spacial score (nSPS) is 12.0. The maximum absolute atomic E-state index is 11.1. The maximum Gasteiger partial charge on any atom is 0.258 e. The van der Waals surface area contributed by atoms with Crippen LogP contribution in [0.1, 0.15) is 25.0 Å². The van der Waals surface area contributed by atoms with Crippen molar-refractivity contribution in [2.75, 3.05) is 31.6 Å². The molecule has 0 saturated heterocycles. The van der Waals surface area contributed by atoms with Crippen molar-refractivity contribution in [3.63, 3.8) is 0 Å². The first-order valence-electron chi connectivity index (χ1n) is 11.2. The van der Waals surface area contributed by atoms with Crippen molar-refractivity contribution in [2.45, 2.75) is 33.8 Å². The molecular formula is C24H30ClN5O5. The molecule has 3 rings (SSSR count). The van der Waals surface area contributed by atoms with Crippen molar-refractivity contribution >= 4 is 23.3 Å². The summed E-state index contributed by atoms with van der Waals surface area (Å²) in [6, 6.07) is 7.21. The van der Waals surface area contributed by atoms with E-state index in [0.717, 1.165) is 23.2 Å². The number of pyridine rings is 1. The molecule has 35 heavy (non-hydrogen) atoms. The minimum Gasteiger partial charge on any atom is -0.490 e. The lowest BCUT2D eigenvalue weighted by Crippen LogP contribution is -2.36. The number of nitrogens with zero attached hydrogens (tertiary/aromatic N) is 3. The highest BCUT2D eigenvalue weighted by molar-refractivity contribution is 6.29. The van der Waals surface area contributed by atoms with Gasteiger partial charge in [-0.15, -0.1) is 0 Å². The van der Waals surface area contributed by atoms with Crippen LogP contribution < -0.4 is 15.4 Å². The summed E-state index contributed by atoms with van der Waals surface area (Å²) in [7, 11) is 0. The highest BCUT2D eigenvalue weighted by Gasteiger charge is 2.16. The first-order valence-corrected chi connectivity index (χ1v) is 11.6. The fourth-order valence-corrected chi connectivity index (χ4v) is 3.52. The number of amides is 1. The summed E-state index contributed by atoms with van der Waals surface area (Å²) in [5, 5.41) is 28.8. The Hall–Kier alpha value is -3.21. The molecule has 2 heterocycles. The van der Waals surface area contributed by atoms with Gasteiger partial charge in [0.25, 0.3) is 5.89 Å². The van der Waals surface area contributed by atoms with E-state index >= 15 is 0 Å². The molecule has 0 aliphatic carbocycles. The van der Waals surface area contributed by atoms with E-state index in [1.807, 2.05) is 32.0 Å². The van der Waals surface area contributed by atoms with Gasteiger partial charge < -0.3 is 30.1 Å². The van der Waals surface area contributed by atoms with Crippen LogP contribution in [0.4, 0.5) is 5.82 Å². The molecule has 0 fully saturated rings. The molecule has 2 aromatic heterocycles. The molecule has 0 radical (unpaired) electrons. The third-order valence-electron chi connectivity index (χ3n) is 4.98. The van der Waals surface area contributed by atoms with Crippen LogP contribution in [0, 0.1) is 19.8 Å². The molecule has 0 aliphatic heterocycles. The lowest BCUT2D eigenvalue weighted by molar-refractivity contribution is -0.124. The van der Waals surface area contributed by atoms with Crippen LogP contribution in [0.15, 0.2) is 28.8 Å². The Labute approximate surface area is 208 Å². The zero-order chi connectivity index (χ0) is 25.5. The summed E-state index contributed by atoms with van der Waals surface area (Å²) >= 11 is 6.19. The fourth-order valence-electron chi connectivity index (χ4n) is 3.31. The van der Waals surface area contributed by atoms with Crippen LogP contribution in [0.5, 0.6) is 5.75 Å². The number of halogens is 1. The molecule has 188 valence electrons. The monoisotopic (exact) mass is 503 g/mol.